The molecule has 160 valence electrons. The lowest BCUT2D eigenvalue weighted by Gasteiger charge is -2.11. The second kappa shape index (κ2) is 8.56. The second-order valence-electron chi connectivity index (χ2n) is 6.60. The topological polar surface area (TPSA) is 97.1 Å². The summed E-state index contributed by atoms with van der Waals surface area (Å²) in [5, 5.41) is 15.7. The summed E-state index contributed by atoms with van der Waals surface area (Å²) in [6.45, 7) is 0. The number of anilines is 1. The molecule has 2 heterocycles. The number of carbonyl (C=O) groups excluding carboxylic acids is 1. The Morgan fingerprint density at radius 1 is 1.03 bits per heavy atom. The minimum absolute atomic E-state index is 0.0534. The fraction of sp³-hybridized carbons (Fsp3) is 0. The number of hydrogen-bond acceptors (Lipinski definition) is 4. The minimum atomic E-state index is -1.28. The molecule has 2 aromatic heterocycles. The Labute approximate surface area is 184 Å². The van der Waals surface area contributed by atoms with Crippen LogP contribution in [-0.4, -0.2) is 31.7 Å². The average molecular weight is 455 g/mol. The van der Waals surface area contributed by atoms with Gasteiger partial charge in [0.05, 0.1) is 28.2 Å². The smallest absolute Gasteiger partial charge is 0.356 e. The SMILES string of the molecule is O=C(O)c1cc(NC(=O)c2cc(-c3ccc(F)cn3)c(F)cc2Cl)n(-c2ccccc2)n1. The van der Waals surface area contributed by atoms with E-state index in [-0.39, 0.29) is 33.4 Å². The number of carbonyl (C=O) groups is 2. The van der Waals surface area contributed by atoms with E-state index in [1.165, 1.54) is 22.9 Å². The van der Waals surface area contributed by atoms with Crippen molar-refractivity contribution in [3.63, 3.8) is 0 Å². The quantitative estimate of drug-likeness (QED) is 0.451. The first kappa shape index (κ1) is 21.1. The average Bonchev–Trinajstić information content (AvgIpc) is 3.19. The zero-order valence-electron chi connectivity index (χ0n) is 16.1. The summed E-state index contributed by atoms with van der Waals surface area (Å²) < 4.78 is 28.9. The Hall–Kier alpha value is -4.11. The van der Waals surface area contributed by atoms with Crippen molar-refractivity contribution in [3.05, 3.63) is 94.8 Å². The van der Waals surface area contributed by atoms with Gasteiger partial charge in [0, 0.05) is 11.6 Å². The van der Waals surface area contributed by atoms with Gasteiger partial charge in [0.15, 0.2) is 5.69 Å². The van der Waals surface area contributed by atoms with E-state index in [2.05, 4.69) is 15.4 Å². The number of amides is 1. The van der Waals surface area contributed by atoms with E-state index in [0.717, 1.165) is 18.3 Å². The van der Waals surface area contributed by atoms with Crippen LogP contribution in [0.25, 0.3) is 16.9 Å². The molecule has 2 N–H and O–H groups in total. The highest BCUT2D eigenvalue weighted by Gasteiger charge is 2.20. The lowest BCUT2D eigenvalue weighted by Crippen LogP contribution is -2.16. The molecule has 0 atom stereocenters. The van der Waals surface area contributed by atoms with E-state index in [1.54, 1.807) is 30.3 Å². The molecule has 10 heteroatoms. The van der Waals surface area contributed by atoms with Crippen molar-refractivity contribution in [1.82, 2.24) is 14.8 Å². The van der Waals surface area contributed by atoms with Gasteiger partial charge < -0.3 is 10.4 Å². The van der Waals surface area contributed by atoms with E-state index >= 15 is 0 Å². The molecule has 4 rings (SSSR count). The maximum atomic E-state index is 14.5. The molecule has 2 aromatic carbocycles. The van der Waals surface area contributed by atoms with Crippen LogP contribution in [0.2, 0.25) is 5.02 Å². The van der Waals surface area contributed by atoms with Gasteiger partial charge in [-0.15, -0.1) is 0 Å². The van der Waals surface area contributed by atoms with E-state index in [9.17, 15) is 23.5 Å². The van der Waals surface area contributed by atoms with Crippen LogP contribution >= 0.6 is 11.6 Å². The fourth-order valence-corrected chi connectivity index (χ4v) is 3.21. The number of nitrogens with zero attached hydrogens (tertiary/aromatic N) is 3. The minimum Gasteiger partial charge on any atom is -0.476 e. The lowest BCUT2D eigenvalue weighted by molar-refractivity contribution is 0.0689. The van der Waals surface area contributed by atoms with Crippen molar-refractivity contribution in [1.29, 1.82) is 0 Å². The predicted molar refractivity (Wildman–Crippen MR) is 113 cm³/mol. The number of hydrogen-bond donors (Lipinski definition) is 2. The third-order valence-corrected chi connectivity index (χ3v) is 4.79. The first-order chi connectivity index (χ1) is 15.3. The Morgan fingerprint density at radius 2 is 1.78 bits per heavy atom. The van der Waals surface area contributed by atoms with Crippen molar-refractivity contribution in [3.8, 4) is 16.9 Å². The molecule has 1 amide bonds. The number of benzene rings is 2. The number of aromatic nitrogens is 3. The molecule has 0 saturated heterocycles. The maximum absolute atomic E-state index is 14.5. The molecule has 0 aliphatic carbocycles. The Kier molecular flexibility index (Phi) is 5.65. The molecule has 0 saturated carbocycles. The van der Waals surface area contributed by atoms with E-state index < -0.39 is 23.5 Å². The van der Waals surface area contributed by atoms with Crippen molar-refractivity contribution in [2.45, 2.75) is 0 Å². The number of aromatic carboxylic acids is 1. The summed E-state index contributed by atoms with van der Waals surface area (Å²) in [6, 6.07) is 14.3. The molecule has 0 fully saturated rings. The lowest BCUT2D eigenvalue weighted by atomic mass is 10.1. The van der Waals surface area contributed by atoms with E-state index in [0.29, 0.717) is 5.69 Å². The normalized spacial score (nSPS) is 10.7. The van der Waals surface area contributed by atoms with Crippen LogP contribution in [0.4, 0.5) is 14.6 Å². The Bertz CT molecular complexity index is 1330. The molecule has 0 unspecified atom stereocenters. The van der Waals surface area contributed by atoms with Gasteiger partial charge in [-0.3, -0.25) is 9.78 Å². The first-order valence-electron chi connectivity index (χ1n) is 9.14. The van der Waals surface area contributed by atoms with Crippen LogP contribution < -0.4 is 5.32 Å². The number of para-hydroxylation sites is 1. The van der Waals surface area contributed by atoms with Gasteiger partial charge in [0.25, 0.3) is 5.91 Å². The Morgan fingerprint density at radius 3 is 2.44 bits per heavy atom. The fourth-order valence-electron chi connectivity index (χ4n) is 2.98. The van der Waals surface area contributed by atoms with Gasteiger partial charge in [-0.05, 0) is 36.4 Å². The number of pyridine rings is 1. The number of rotatable bonds is 5. The standard InChI is InChI=1S/C22H13ClF2N4O3/c23-16-9-17(25)15(18-7-6-12(24)11-26-18)8-14(16)21(30)27-20-10-19(22(31)32)28-29(20)13-4-2-1-3-5-13/h1-11H,(H,27,30)(H,31,32). The predicted octanol–water partition coefficient (Wildman–Crippen LogP) is 4.82. The van der Waals surface area contributed by atoms with Gasteiger partial charge in [-0.2, -0.15) is 5.10 Å². The van der Waals surface area contributed by atoms with Crippen LogP contribution in [0.3, 0.4) is 0 Å². The molecular weight excluding hydrogens is 442 g/mol. The maximum Gasteiger partial charge on any atom is 0.356 e. The summed E-state index contributed by atoms with van der Waals surface area (Å²) in [5.74, 6) is -3.27. The van der Waals surface area contributed by atoms with Crippen LogP contribution in [0.1, 0.15) is 20.8 Å². The van der Waals surface area contributed by atoms with Crippen LogP contribution in [0, 0.1) is 11.6 Å². The van der Waals surface area contributed by atoms with Crippen LogP contribution in [0.15, 0.2) is 66.9 Å². The van der Waals surface area contributed by atoms with E-state index in [4.69, 9.17) is 11.6 Å². The van der Waals surface area contributed by atoms with Gasteiger partial charge in [0.2, 0.25) is 0 Å². The molecule has 7 nitrogen and oxygen atoms in total. The summed E-state index contributed by atoms with van der Waals surface area (Å²) in [5.41, 5.74) is 0.189. The van der Waals surface area contributed by atoms with Crippen molar-refractivity contribution in [2.75, 3.05) is 5.32 Å². The zero-order valence-corrected chi connectivity index (χ0v) is 16.8. The van der Waals surface area contributed by atoms with Gasteiger partial charge in [0.1, 0.15) is 17.5 Å². The number of nitrogens with one attached hydrogen (secondary N) is 1. The van der Waals surface area contributed by atoms with E-state index in [1.807, 2.05) is 0 Å². The molecule has 0 aliphatic heterocycles. The number of carboxylic acids is 1. The molecule has 32 heavy (non-hydrogen) atoms. The molecule has 0 aliphatic rings. The van der Waals surface area contributed by atoms with Crippen molar-refractivity contribution in [2.24, 2.45) is 0 Å². The molecule has 0 bridgehead atoms. The molecule has 0 spiro atoms. The van der Waals surface area contributed by atoms with Crippen LogP contribution in [0.5, 0.6) is 0 Å². The third kappa shape index (κ3) is 4.19. The largest absolute Gasteiger partial charge is 0.476 e. The third-order valence-electron chi connectivity index (χ3n) is 4.48. The van der Waals surface area contributed by atoms with Crippen molar-refractivity contribution < 1.29 is 23.5 Å². The van der Waals surface area contributed by atoms with Gasteiger partial charge >= 0.3 is 5.97 Å². The summed E-state index contributed by atoms with van der Waals surface area (Å²) in [6.07, 6.45) is 0.926. The van der Waals surface area contributed by atoms with Gasteiger partial charge in [-0.25, -0.2) is 18.3 Å². The number of halogens is 3. The second-order valence-corrected chi connectivity index (χ2v) is 7.00. The van der Waals surface area contributed by atoms with Gasteiger partial charge in [-0.1, -0.05) is 29.8 Å². The van der Waals surface area contributed by atoms with Crippen molar-refractivity contribution >= 4 is 29.3 Å². The molecule has 4 aromatic rings. The monoisotopic (exact) mass is 454 g/mol. The summed E-state index contributed by atoms with van der Waals surface area (Å²) >= 11 is 6.09. The Balaban J connectivity index is 1.73. The highest BCUT2D eigenvalue weighted by molar-refractivity contribution is 6.34. The number of carboxylic acid groups (broad SMARTS) is 1. The highest BCUT2D eigenvalue weighted by Crippen LogP contribution is 2.28. The molecular formula is C22H13ClF2N4O3. The van der Waals surface area contributed by atoms with Crippen LogP contribution in [-0.2, 0) is 0 Å². The highest BCUT2D eigenvalue weighted by atomic mass is 35.5. The summed E-state index contributed by atoms with van der Waals surface area (Å²) in [4.78, 5) is 28.2. The molecule has 0 radical (unpaired) electrons. The first-order valence-corrected chi connectivity index (χ1v) is 9.52. The zero-order chi connectivity index (χ0) is 22.8. The summed E-state index contributed by atoms with van der Waals surface area (Å²) in [7, 11) is 0.